The van der Waals surface area contributed by atoms with Crippen LogP contribution in [0.3, 0.4) is 0 Å². The number of amides is 1. The first kappa shape index (κ1) is 25.2. The number of halogens is 2. The lowest BCUT2D eigenvalue weighted by molar-refractivity contribution is 0.0242. The van der Waals surface area contributed by atoms with Crippen molar-refractivity contribution in [3.8, 4) is 0 Å². The zero-order valence-corrected chi connectivity index (χ0v) is 22.2. The maximum atomic E-state index is 11.9. The third kappa shape index (κ3) is 7.87. The van der Waals surface area contributed by atoms with Gasteiger partial charge in [-0.05, 0) is 80.1 Å². The molecule has 0 unspecified atom stereocenters. The van der Waals surface area contributed by atoms with E-state index in [1.54, 1.807) is 4.90 Å². The number of ether oxygens (including phenoxy) is 2. The van der Waals surface area contributed by atoms with Gasteiger partial charge in [-0.2, -0.15) is 0 Å². The Labute approximate surface area is 208 Å². The highest BCUT2D eigenvalue weighted by atomic mass is 79.9. The van der Waals surface area contributed by atoms with Crippen molar-refractivity contribution in [1.82, 2.24) is 10.2 Å². The molecule has 1 fully saturated rings. The summed E-state index contributed by atoms with van der Waals surface area (Å²) in [5.41, 5.74) is 4.80. The van der Waals surface area contributed by atoms with Crippen LogP contribution in [0.2, 0.25) is 0 Å². The van der Waals surface area contributed by atoms with E-state index in [9.17, 15) is 4.79 Å². The smallest absolute Gasteiger partial charge is 0.410 e. The van der Waals surface area contributed by atoms with Crippen molar-refractivity contribution in [3.63, 3.8) is 0 Å². The molecular formula is C25H32Br2N2O3. The number of nitrogens with zero attached hydrogens (tertiary/aromatic N) is 1. The minimum atomic E-state index is -0.438. The summed E-state index contributed by atoms with van der Waals surface area (Å²) in [6.45, 7) is 11.0. The van der Waals surface area contributed by atoms with Crippen LogP contribution in [0.5, 0.6) is 0 Å². The van der Waals surface area contributed by atoms with E-state index in [2.05, 4.69) is 61.4 Å². The quantitative estimate of drug-likeness (QED) is 0.392. The Balaban J connectivity index is 0.000000160. The van der Waals surface area contributed by atoms with Gasteiger partial charge < -0.3 is 14.8 Å². The minimum absolute atomic E-state index is 0.246. The van der Waals surface area contributed by atoms with Crippen molar-refractivity contribution in [1.29, 1.82) is 0 Å². The highest BCUT2D eigenvalue weighted by Gasteiger charge is 2.27. The van der Waals surface area contributed by atoms with Crippen molar-refractivity contribution in [2.45, 2.75) is 65.4 Å². The summed E-state index contributed by atoms with van der Waals surface area (Å²) < 4.78 is 12.5. The molecule has 7 heteroatoms. The van der Waals surface area contributed by atoms with E-state index in [1.165, 1.54) is 39.6 Å². The molecule has 0 saturated carbocycles. The van der Waals surface area contributed by atoms with Crippen LogP contribution in [-0.4, -0.2) is 29.8 Å². The maximum absolute atomic E-state index is 11.9. The van der Waals surface area contributed by atoms with Gasteiger partial charge in [-0.3, -0.25) is 4.90 Å². The molecule has 2 aromatic rings. The van der Waals surface area contributed by atoms with Crippen LogP contribution in [0, 0.1) is 0 Å². The van der Waals surface area contributed by atoms with Crippen molar-refractivity contribution in [2.75, 3.05) is 13.2 Å². The lowest BCUT2D eigenvalue weighted by Gasteiger charge is -2.24. The molecule has 3 aliphatic rings. The molecule has 1 amide bonds. The minimum Gasteiger partial charge on any atom is -0.444 e. The number of hydrogen-bond donors (Lipinski definition) is 1. The van der Waals surface area contributed by atoms with E-state index in [-0.39, 0.29) is 6.09 Å². The number of rotatable bonds is 0. The topological polar surface area (TPSA) is 50.8 Å². The van der Waals surface area contributed by atoms with Crippen molar-refractivity contribution in [2.24, 2.45) is 0 Å². The molecule has 3 heterocycles. The van der Waals surface area contributed by atoms with Crippen LogP contribution in [0.25, 0.3) is 0 Å². The largest absolute Gasteiger partial charge is 0.444 e. The summed E-state index contributed by atoms with van der Waals surface area (Å²) in [7, 11) is 0. The Morgan fingerprint density at radius 2 is 1.47 bits per heavy atom. The Morgan fingerprint density at radius 1 is 0.906 bits per heavy atom. The normalized spacial score (nSPS) is 16.3. The number of hydrogen-bond acceptors (Lipinski definition) is 4. The van der Waals surface area contributed by atoms with E-state index in [4.69, 9.17) is 9.47 Å². The Bertz CT molecular complexity index is 916. The van der Waals surface area contributed by atoms with E-state index >= 15 is 0 Å². The standard InChI is InChI=1S/C13H16BrNO2.C8H8BrN.C4H8O/c1-13(2,3)17-12(16)15-7-9-4-5-11(14)6-10(9)8-15;9-8-2-1-6-4-10-5-7(6)3-8;1-2-4-5-3-1/h4-6H,7-8H2,1-3H3;1-3,10H,4-5H2;1-4H2. The zero-order valence-electron chi connectivity index (χ0n) is 19.0. The van der Waals surface area contributed by atoms with Crippen LogP contribution in [-0.2, 0) is 35.7 Å². The summed E-state index contributed by atoms with van der Waals surface area (Å²) in [5.74, 6) is 0. The first-order valence-corrected chi connectivity index (χ1v) is 12.6. The second-order valence-corrected chi connectivity index (χ2v) is 10.9. The zero-order chi connectivity index (χ0) is 23.1. The predicted octanol–water partition coefficient (Wildman–Crippen LogP) is 6.55. The Hall–Kier alpha value is -1.41. The third-order valence-corrected chi connectivity index (χ3v) is 6.16. The third-order valence-electron chi connectivity index (χ3n) is 5.17. The molecule has 0 aromatic heterocycles. The van der Waals surface area contributed by atoms with Crippen LogP contribution >= 0.6 is 31.9 Å². The fourth-order valence-corrected chi connectivity index (χ4v) is 4.41. The summed E-state index contributed by atoms with van der Waals surface area (Å²) in [6.07, 6.45) is 2.31. The lowest BCUT2D eigenvalue weighted by Crippen LogP contribution is -2.33. The van der Waals surface area contributed by atoms with Gasteiger partial charge in [-0.25, -0.2) is 4.79 Å². The number of carbonyl (C=O) groups is 1. The molecule has 32 heavy (non-hydrogen) atoms. The molecular weight excluding hydrogens is 536 g/mol. The number of nitrogens with one attached hydrogen (secondary N) is 1. The first-order chi connectivity index (χ1) is 15.2. The van der Waals surface area contributed by atoms with Crippen LogP contribution < -0.4 is 5.32 Å². The summed E-state index contributed by atoms with van der Waals surface area (Å²) >= 11 is 6.87. The predicted molar refractivity (Wildman–Crippen MR) is 134 cm³/mol. The molecule has 3 aliphatic heterocycles. The van der Waals surface area contributed by atoms with E-state index in [0.717, 1.165) is 30.8 Å². The fraction of sp³-hybridized carbons (Fsp3) is 0.480. The number of benzene rings is 2. The Kier molecular flexibility index (Phi) is 9.17. The molecule has 0 bridgehead atoms. The van der Waals surface area contributed by atoms with E-state index in [1.807, 2.05) is 32.9 Å². The van der Waals surface area contributed by atoms with Crippen LogP contribution in [0.4, 0.5) is 4.79 Å². The molecule has 174 valence electrons. The SMILES string of the molecule is Brc1ccc2c(c1)CNC2.C1CCOC1.CC(C)(C)OC(=O)N1Cc2ccc(Br)cc2C1. The molecule has 0 radical (unpaired) electrons. The molecule has 2 aromatic carbocycles. The van der Waals surface area contributed by atoms with Gasteiger partial charge in [0.25, 0.3) is 0 Å². The van der Waals surface area contributed by atoms with Gasteiger partial charge in [0.1, 0.15) is 5.60 Å². The molecule has 5 nitrogen and oxygen atoms in total. The van der Waals surface area contributed by atoms with Crippen molar-refractivity contribution in [3.05, 3.63) is 67.6 Å². The van der Waals surface area contributed by atoms with Crippen molar-refractivity contribution < 1.29 is 14.3 Å². The summed E-state index contributed by atoms with van der Waals surface area (Å²) in [4.78, 5) is 13.6. The summed E-state index contributed by atoms with van der Waals surface area (Å²) in [6, 6.07) is 12.5. The van der Waals surface area contributed by atoms with Gasteiger partial charge >= 0.3 is 6.09 Å². The Morgan fingerprint density at radius 3 is 2.06 bits per heavy atom. The fourth-order valence-electron chi connectivity index (χ4n) is 3.59. The number of carbonyl (C=O) groups excluding carboxylic acids is 1. The van der Waals surface area contributed by atoms with Crippen LogP contribution in [0.15, 0.2) is 45.3 Å². The summed E-state index contributed by atoms with van der Waals surface area (Å²) in [5, 5.41) is 3.29. The second kappa shape index (κ2) is 11.6. The van der Waals surface area contributed by atoms with Gasteiger partial charge in [0, 0.05) is 48.3 Å². The first-order valence-electron chi connectivity index (χ1n) is 11.0. The maximum Gasteiger partial charge on any atom is 0.410 e. The highest BCUT2D eigenvalue weighted by Crippen LogP contribution is 2.27. The monoisotopic (exact) mass is 566 g/mol. The molecule has 0 aliphatic carbocycles. The molecule has 5 rings (SSSR count). The van der Waals surface area contributed by atoms with E-state index < -0.39 is 5.60 Å². The van der Waals surface area contributed by atoms with E-state index in [0.29, 0.717) is 13.1 Å². The van der Waals surface area contributed by atoms with Crippen LogP contribution in [0.1, 0.15) is 55.9 Å². The molecule has 0 spiro atoms. The molecule has 1 saturated heterocycles. The van der Waals surface area contributed by atoms with Gasteiger partial charge in [0.05, 0.1) is 0 Å². The average molecular weight is 568 g/mol. The lowest BCUT2D eigenvalue weighted by atomic mass is 10.1. The van der Waals surface area contributed by atoms with Gasteiger partial charge in [0.15, 0.2) is 0 Å². The molecule has 0 atom stereocenters. The second-order valence-electron chi connectivity index (χ2n) is 9.09. The van der Waals surface area contributed by atoms with Crippen molar-refractivity contribution >= 4 is 38.0 Å². The molecule has 1 N–H and O–H groups in total. The van der Waals surface area contributed by atoms with Gasteiger partial charge in [0.2, 0.25) is 0 Å². The average Bonchev–Trinajstić information content (AvgIpc) is 3.48. The van der Waals surface area contributed by atoms with Gasteiger partial charge in [-0.15, -0.1) is 0 Å². The van der Waals surface area contributed by atoms with Gasteiger partial charge in [-0.1, -0.05) is 44.0 Å². The number of fused-ring (bicyclic) bond motifs is 2. The highest BCUT2D eigenvalue weighted by molar-refractivity contribution is 9.10.